The molecule has 2 N–H and O–H groups in total. The Morgan fingerprint density at radius 3 is 2.07 bits per heavy atom. The maximum atomic E-state index is 11.8. The van der Waals surface area contributed by atoms with Gasteiger partial charge >= 0.3 is 0 Å². The number of carbonyl (C=O) groups excluding carboxylic acids is 2. The number of hydrogen-bond donors (Lipinski definition) is 1. The maximum Gasteiger partial charge on any atom is 0.261 e. The zero-order valence-corrected chi connectivity index (χ0v) is 8.43. The van der Waals surface area contributed by atoms with Crippen molar-refractivity contribution < 1.29 is 9.59 Å². The quantitative estimate of drug-likeness (QED) is 0.718. The van der Waals surface area contributed by atoms with Crippen molar-refractivity contribution in [2.45, 2.75) is 13.0 Å². The molecule has 0 bridgehead atoms. The number of amides is 2. The topological polar surface area (TPSA) is 63.4 Å². The molecule has 15 heavy (non-hydrogen) atoms. The van der Waals surface area contributed by atoms with Crippen molar-refractivity contribution in [1.29, 1.82) is 0 Å². The standard InChI is InChI=1S/C11H12N2O2/c1-7(12)6-13-10(14)8-4-2-3-5-9(8)11(13)15/h2-5,7H,6,12H2,1H3/t7-/m1/s1. The Hall–Kier alpha value is -1.68. The van der Waals surface area contributed by atoms with Crippen molar-refractivity contribution in [2.75, 3.05) is 6.54 Å². The van der Waals surface area contributed by atoms with E-state index in [2.05, 4.69) is 0 Å². The fraction of sp³-hybridized carbons (Fsp3) is 0.273. The van der Waals surface area contributed by atoms with Gasteiger partial charge in [0.15, 0.2) is 0 Å². The predicted octanol–water partition coefficient (Wildman–Crippen LogP) is 0.630. The van der Waals surface area contributed by atoms with Gasteiger partial charge in [0.05, 0.1) is 11.1 Å². The zero-order valence-electron chi connectivity index (χ0n) is 8.43. The summed E-state index contributed by atoms with van der Waals surface area (Å²) in [4.78, 5) is 24.8. The third kappa shape index (κ3) is 1.53. The van der Waals surface area contributed by atoms with Crippen LogP contribution in [0.4, 0.5) is 0 Å². The lowest BCUT2D eigenvalue weighted by atomic mass is 10.1. The molecule has 1 aromatic carbocycles. The van der Waals surface area contributed by atoms with Gasteiger partial charge in [0.2, 0.25) is 0 Å². The summed E-state index contributed by atoms with van der Waals surface area (Å²) in [5.74, 6) is -0.485. The van der Waals surface area contributed by atoms with Gasteiger partial charge in [-0.3, -0.25) is 14.5 Å². The van der Waals surface area contributed by atoms with E-state index in [9.17, 15) is 9.59 Å². The van der Waals surface area contributed by atoms with E-state index in [-0.39, 0.29) is 24.4 Å². The average Bonchev–Trinajstić information content (AvgIpc) is 2.44. The number of fused-ring (bicyclic) bond motifs is 1. The van der Waals surface area contributed by atoms with Crippen molar-refractivity contribution in [1.82, 2.24) is 4.90 Å². The monoisotopic (exact) mass is 204 g/mol. The Morgan fingerprint density at radius 2 is 1.67 bits per heavy atom. The van der Waals surface area contributed by atoms with Gasteiger partial charge in [-0.05, 0) is 19.1 Å². The minimum atomic E-state index is -0.243. The zero-order chi connectivity index (χ0) is 11.0. The smallest absolute Gasteiger partial charge is 0.261 e. The van der Waals surface area contributed by atoms with E-state index in [1.54, 1.807) is 31.2 Å². The van der Waals surface area contributed by atoms with Gasteiger partial charge < -0.3 is 5.73 Å². The van der Waals surface area contributed by atoms with E-state index >= 15 is 0 Å². The second-order valence-electron chi connectivity index (χ2n) is 3.74. The van der Waals surface area contributed by atoms with E-state index in [1.165, 1.54) is 4.90 Å². The first kappa shape index (κ1) is 9.86. The van der Waals surface area contributed by atoms with E-state index in [0.717, 1.165) is 0 Å². The summed E-state index contributed by atoms with van der Waals surface area (Å²) in [6.45, 7) is 2.04. The molecular weight excluding hydrogens is 192 g/mol. The molecule has 0 aliphatic carbocycles. The second kappa shape index (κ2) is 3.47. The van der Waals surface area contributed by atoms with Gasteiger partial charge in [-0.1, -0.05) is 12.1 Å². The van der Waals surface area contributed by atoms with Crippen LogP contribution in [0.1, 0.15) is 27.6 Å². The lowest BCUT2D eigenvalue weighted by Gasteiger charge is -2.15. The van der Waals surface area contributed by atoms with Gasteiger partial charge in [-0.15, -0.1) is 0 Å². The SMILES string of the molecule is C[C@@H](N)CN1C(=O)c2ccccc2C1=O. The highest BCUT2D eigenvalue weighted by Gasteiger charge is 2.35. The molecule has 2 amide bonds. The first-order valence-corrected chi connectivity index (χ1v) is 4.82. The highest BCUT2D eigenvalue weighted by Crippen LogP contribution is 2.22. The molecular formula is C11H12N2O2. The van der Waals surface area contributed by atoms with Crippen molar-refractivity contribution >= 4 is 11.8 Å². The van der Waals surface area contributed by atoms with Crippen molar-refractivity contribution in [3.8, 4) is 0 Å². The van der Waals surface area contributed by atoms with E-state index in [4.69, 9.17) is 5.73 Å². The number of imide groups is 1. The molecule has 4 heteroatoms. The van der Waals surface area contributed by atoms with E-state index in [1.807, 2.05) is 0 Å². The molecule has 0 radical (unpaired) electrons. The predicted molar refractivity (Wildman–Crippen MR) is 55.5 cm³/mol. The minimum absolute atomic E-state index is 0.202. The lowest BCUT2D eigenvalue weighted by Crippen LogP contribution is -2.39. The average molecular weight is 204 g/mol. The lowest BCUT2D eigenvalue weighted by molar-refractivity contribution is 0.0647. The van der Waals surface area contributed by atoms with Gasteiger partial charge in [0.25, 0.3) is 11.8 Å². The Labute approximate surface area is 87.7 Å². The molecule has 0 aromatic heterocycles. The maximum absolute atomic E-state index is 11.8. The third-order valence-corrected chi connectivity index (χ3v) is 2.35. The highest BCUT2D eigenvalue weighted by atomic mass is 16.2. The molecule has 1 aliphatic rings. The minimum Gasteiger partial charge on any atom is -0.326 e. The molecule has 0 spiro atoms. The first-order valence-electron chi connectivity index (χ1n) is 4.82. The Bertz CT molecular complexity index is 391. The first-order chi connectivity index (χ1) is 7.11. The number of nitrogens with two attached hydrogens (primary N) is 1. The van der Waals surface area contributed by atoms with Crippen LogP contribution in [0.5, 0.6) is 0 Å². The second-order valence-corrected chi connectivity index (χ2v) is 3.74. The summed E-state index contributed by atoms with van der Waals surface area (Å²) in [5.41, 5.74) is 6.54. The Kier molecular flexibility index (Phi) is 2.28. The third-order valence-electron chi connectivity index (χ3n) is 2.35. The summed E-state index contributed by atoms with van der Waals surface area (Å²) >= 11 is 0. The fourth-order valence-electron chi connectivity index (χ4n) is 1.69. The van der Waals surface area contributed by atoms with E-state index < -0.39 is 0 Å². The largest absolute Gasteiger partial charge is 0.326 e. The number of nitrogens with zero attached hydrogens (tertiary/aromatic N) is 1. The molecule has 4 nitrogen and oxygen atoms in total. The molecule has 78 valence electrons. The van der Waals surface area contributed by atoms with Gasteiger partial charge in [-0.25, -0.2) is 0 Å². The summed E-state index contributed by atoms with van der Waals surface area (Å²) in [6, 6.07) is 6.62. The summed E-state index contributed by atoms with van der Waals surface area (Å²) < 4.78 is 0. The molecule has 0 saturated carbocycles. The number of carbonyl (C=O) groups is 2. The molecule has 0 fully saturated rings. The molecule has 1 aromatic rings. The Morgan fingerprint density at radius 1 is 1.20 bits per heavy atom. The van der Waals surface area contributed by atoms with Crippen LogP contribution in [0.15, 0.2) is 24.3 Å². The van der Waals surface area contributed by atoms with Crippen LogP contribution in [0.25, 0.3) is 0 Å². The molecule has 2 rings (SSSR count). The van der Waals surface area contributed by atoms with Crippen LogP contribution in [0.3, 0.4) is 0 Å². The van der Waals surface area contributed by atoms with Gasteiger partial charge in [0.1, 0.15) is 0 Å². The van der Waals surface area contributed by atoms with Gasteiger partial charge in [-0.2, -0.15) is 0 Å². The van der Waals surface area contributed by atoms with Crippen molar-refractivity contribution in [3.63, 3.8) is 0 Å². The summed E-state index contributed by atoms with van der Waals surface area (Å²) in [7, 11) is 0. The van der Waals surface area contributed by atoms with Crippen molar-refractivity contribution in [2.24, 2.45) is 5.73 Å². The van der Waals surface area contributed by atoms with Crippen LogP contribution in [-0.2, 0) is 0 Å². The molecule has 1 atom stereocenters. The van der Waals surface area contributed by atoms with E-state index in [0.29, 0.717) is 11.1 Å². The van der Waals surface area contributed by atoms with Crippen LogP contribution in [0, 0.1) is 0 Å². The van der Waals surface area contributed by atoms with Gasteiger partial charge in [0, 0.05) is 12.6 Å². The van der Waals surface area contributed by atoms with Crippen LogP contribution >= 0.6 is 0 Å². The van der Waals surface area contributed by atoms with Crippen molar-refractivity contribution in [3.05, 3.63) is 35.4 Å². The summed E-state index contributed by atoms with van der Waals surface area (Å²) in [5, 5.41) is 0. The van der Waals surface area contributed by atoms with Crippen LogP contribution in [-0.4, -0.2) is 29.3 Å². The Balaban J connectivity index is 2.37. The molecule has 0 unspecified atom stereocenters. The van der Waals surface area contributed by atoms with Crippen LogP contribution < -0.4 is 5.73 Å². The molecule has 1 heterocycles. The molecule has 0 saturated heterocycles. The highest BCUT2D eigenvalue weighted by molar-refractivity contribution is 6.21. The van der Waals surface area contributed by atoms with Crippen LogP contribution in [0.2, 0.25) is 0 Å². The number of rotatable bonds is 2. The fourth-order valence-corrected chi connectivity index (χ4v) is 1.69. The normalized spacial score (nSPS) is 16.8. The number of hydrogen-bond acceptors (Lipinski definition) is 3. The summed E-state index contributed by atoms with van der Waals surface area (Å²) in [6.07, 6.45) is 0. The number of benzene rings is 1. The molecule has 1 aliphatic heterocycles.